The molecule has 0 fully saturated rings. The molecule has 0 aliphatic rings. The fourth-order valence-electron chi connectivity index (χ4n) is 1.99. The second-order valence-electron chi connectivity index (χ2n) is 4.11. The minimum atomic E-state index is 0.507. The van der Waals surface area contributed by atoms with Gasteiger partial charge in [0.1, 0.15) is 17.2 Å². The highest BCUT2D eigenvalue weighted by atomic mass is 35.5. The third kappa shape index (κ3) is 1.90. The number of nitrogens with two attached hydrogens (primary N) is 1. The summed E-state index contributed by atoms with van der Waals surface area (Å²) in [6.07, 6.45) is 1.72. The average molecular weight is 269 g/mol. The van der Waals surface area contributed by atoms with Gasteiger partial charge >= 0.3 is 0 Å². The quantitative estimate of drug-likeness (QED) is 0.737. The van der Waals surface area contributed by atoms with Crippen LogP contribution in [0.4, 0.5) is 5.82 Å². The molecule has 19 heavy (non-hydrogen) atoms. The molecule has 0 bridgehead atoms. The molecule has 0 atom stereocenters. The summed E-state index contributed by atoms with van der Waals surface area (Å²) in [5.41, 5.74) is 8.86. The molecule has 0 aliphatic carbocycles. The first kappa shape index (κ1) is 11.6. The largest absolute Gasteiger partial charge is 0.383 e. The Morgan fingerprint density at radius 3 is 2.89 bits per heavy atom. The van der Waals surface area contributed by atoms with Crippen molar-refractivity contribution in [2.45, 2.75) is 0 Å². The zero-order valence-corrected chi connectivity index (χ0v) is 10.6. The average Bonchev–Trinajstić information content (AvgIpc) is 2.76. The van der Waals surface area contributed by atoms with Crippen LogP contribution in [0.15, 0.2) is 42.6 Å². The highest BCUT2D eigenvalue weighted by Crippen LogP contribution is 2.27. The molecule has 0 amide bonds. The van der Waals surface area contributed by atoms with Crippen molar-refractivity contribution in [3.05, 3.63) is 53.2 Å². The SMILES string of the molecule is N#Cc1cccc(-c2nc3ccc(Cl)cn3c2N)c1. The maximum atomic E-state index is 8.93. The van der Waals surface area contributed by atoms with E-state index in [-0.39, 0.29) is 0 Å². The Morgan fingerprint density at radius 2 is 2.11 bits per heavy atom. The van der Waals surface area contributed by atoms with Gasteiger partial charge in [0.15, 0.2) is 0 Å². The number of nitriles is 1. The van der Waals surface area contributed by atoms with E-state index in [1.54, 1.807) is 34.9 Å². The van der Waals surface area contributed by atoms with E-state index in [2.05, 4.69) is 11.1 Å². The minimum absolute atomic E-state index is 0.507. The number of halogens is 1. The fraction of sp³-hybridized carbons (Fsp3) is 0. The summed E-state index contributed by atoms with van der Waals surface area (Å²) in [7, 11) is 0. The molecule has 0 saturated heterocycles. The monoisotopic (exact) mass is 268 g/mol. The Bertz CT molecular complexity index is 814. The minimum Gasteiger partial charge on any atom is -0.383 e. The van der Waals surface area contributed by atoms with Crippen molar-refractivity contribution < 1.29 is 0 Å². The van der Waals surface area contributed by atoms with Crippen molar-refractivity contribution in [3.63, 3.8) is 0 Å². The van der Waals surface area contributed by atoms with Gasteiger partial charge in [-0.25, -0.2) is 4.98 Å². The number of imidazole rings is 1. The standard InChI is InChI=1S/C14H9ClN4/c15-11-4-5-12-18-13(14(17)19(12)8-11)10-3-1-2-9(6-10)7-16/h1-6,8H,17H2. The van der Waals surface area contributed by atoms with Crippen molar-refractivity contribution in [2.75, 3.05) is 5.73 Å². The first-order valence-corrected chi connectivity index (χ1v) is 6.00. The fourth-order valence-corrected chi connectivity index (χ4v) is 2.15. The number of benzene rings is 1. The molecular weight excluding hydrogens is 260 g/mol. The Hall–Kier alpha value is -2.51. The van der Waals surface area contributed by atoms with Gasteiger partial charge in [-0.05, 0) is 24.3 Å². The molecule has 92 valence electrons. The summed E-state index contributed by atoms with van der Waals surface area (Å²) >= 11 is 5.95. The number of anilines is 1. The van der Waals surface area contributed by atoms with E-state index < -0.39 is 0 Å². The van der Waals surface area contributed by atoms with Crippen molar-refractivity contribution in [2.24, 2.45) is 0 Å². The van der Waals surface area contributed by atoms with Crippen LogP contribution in [0, 0.1) is 11.3 Å². The first-order valence-electron chi connectivity index (χ1n) is 5.62. The summed E-state index contributed by atoms with van der Waals surface area (Å²) in [5.74, 6) is 0.507. The number of aromatic nitrogens is 2. The van der Waals surface area contributed by atoms with Gasteiger partial charge in [0.05, 0.1) is 16.7 Å². The highest BCUT2D eigenvalue weighted by molar-refractivity contribution is 6.30. The number of hydrogen-bond donors (Lipinski definition) is 1. The van der Waals surface area contributed by atoms with Crippen LogP contribution in [-0.4, -0.2) is 9.38 Å². The lowest BCUT2D eigenvalue weighted by Crippen LogP contribution is -1.94. The third-order valence-corrected chi connectivity index (χ3v) is 3.11. The van der Waals surface area contributed by atoms with Crippen LogP contribution in [0.5, 0.6) is 0 Å². The maximum Gasteiger partial charge on any atom is 0.139 e. The van der Waals surface area contributed by atoms with Crippen molar-refractivity contribution in [3.8, 4) is 17.3 Å². The number of nitrogen functional groups attached to an aromatic ring is 1. The van der Waals surface area contributed by atoms with E-state index in [1.807, 2.05) is 12.1 Å². The molecule has 0 saturated carbocycles. The molecule has 2 aromatic heterocycles. The van der Waals surface area contributed by atoms with E-state index in [1.165, 1.54) is 0 Å². The smallest absolute Gasteiger partial charge is 0.139 e. The third-order valence-electron chi connectivity index (χ3n) is 2.88. The van der Waals surface area contributed by atoms with Crippen molar-refractivity contribution >= 4 is 23.1 Å². The molecule has 2 N–H and O–H groups in total. The molecule has 0 spiro atoms. The molecule has 3 rings (SSSR count). The van der Waals surface area contributed by atoms with Gasteiger partial charge in [0.2, 0.25) is 0 Å². The predicted octanol–water partition coefficient (Wildman–Crippen LogP) is 3.11. The Morgan fingerprint density at radius 1 is 1.26 bits per heavy atom. The highest BCUT2D eigenvalue weighted by Gasteiger charge is 2.11. The zero-order chi connectivity index (χ0) is 13.4. The Labute approximate surface area is 114 Å². The molecule has 5 heteroatoms. The molecule has 1 aromatic carbocycles. The maximum absolute atomic E-state index is 8.93. The van der Waals surface area contributed by atoms with Crippen LogP contribution in [0.1, 0.15) is 5.56 Å². The van der Waals surface area contributed by atoms with Crippen LogP contribution >= 0.6 is 11.6 Å². The van der Waals surface area contributed by atoms with Gasteiger partial charge in [-0.1, -0.05) is 23.7 Å². The number of pyridine rings is 1. The number of hydrogen-bond acceptors (Lipinski definition) is 3. The molecule has 0 aliphatic heterocycles. The van der Waals surface area contributed by atoms with E-state index in [0.29, 0.717) is 22.1 Å². The van der Waals surface area contributed by atoms with Crippen LogP contribution in [-0.2, 0) is 0 Å². The van der Waals surface area contributed by atoms with E-state index in [4.69, 9.17) is 22.6 Å². The molecule has 0 unspecified atom stereocenters. The van der Waals surface area contributed by atoms with Crippen molar-refractivity contribution in [1.82, 2.24) is 9.38 Å². The van der Waals surface area contributed by atoms with Gasteiger partial charge in [-0.3, -0.25) is 4.40 Å². The summed E-state index contributed by atoms with van der Waals surface area (Å²) in [6.45, 7) is 0. The normalized spacial score (nSPS) is 10.5. The van der Waals surface area contributed by atoms with Gasteiger partial charge in [-0.15, -0.1) is 0 Å². The van der Waals surface area contributed by atoms with Gasteiger partial charge < -0.3 is 5.73 Å². The van der Waals surface area contributed by atoms with Crippen LogP contribution in [0.25, 0.3) is 16.9 Å². The van der Waals surface area contributed by atoms with Crippen LogP contribution < -0.4 is 5.73 Å². The van der Waals surface area contributed by atoms with E-state index in [9.17, 15) is 0 Å². The predicted molar refractivity (Wildman–Crippen MR) is 74.8 cm³/mol. The lowest BCUT2D eigenvalue weighted by molar-refractivity contribution is 1.20. The number of fused-ring (bicyclic) bond motifs is 1. The van der Waals surface area contributed by atoms with Crippen LogP contribution in [0.3, 0.4) is 0 Å². The summed E-state index contributed by atoms with van der Waals surface area (Å²) in [4.78, 5) is 4.47. The molecule has 0 radical (unpaired) electrons. The molecular formula is C14H9ClN4. The van der Waals surface area contributed by atoms with E-state index in [0.717, 1.165) is 11.2 Å². The molecule has 3 aromatic rings. The Kier molecular flexibility index (Phi) is 2.62. The number of nitrogens with zero attached hydrogens (tertiary/aromatic N) is 3. The van der Waals surface area contributed by atoms with E-state index >= 15 is 0 Å². The molecule has 4 nitrogen and oxygen atoms in total. The topological polar surface area (TPSA) is 67.1 Å². The van der Waals surface area contributed by atoms with Gasteiger partial charge in [0, 0.05) is 11.8 Å². The van der Waals surface area contributed by atoms with Gasteiger partial charge in [-0.2, -0.15) is 5.26 Å². The number of rotatable bonds is 1. The second kappa shape index (κ2) is 4.30. The van der Waals surface area contributed by atoms with Gasteiger partial charge in [0.25, 0.3) is 0 Å². The summed E-state index contributed by atoms with van der Waals surface area (Å²) in [5, 5.41) is 9.52. The summed E-state index contributed by atoms with van der Waals surface area (Å²) < 4.78 is 1.73. The first-order chi connectivity index (χ1) is 9.19. The Balaban J connectivity index is 2.25. The lowest BCUT2D eigenvalue weighted by Gasteiger charge is -2.00. The van der Waals surface area contributed by atoms with Crippen LogP contribution in [0.2, 0.25) is 5.02 Å². The molecule has 2 heterocycles. The van der Waals surface area contributed by atoms with Crippen molar-refractivity contribution in [1.29, 1.82) is 5.26 Å². The lowest BCUT2D eigenvalue weighted by atomic mass is 10.1. The zero-order valence-electron chi connectivity index (χ0n) is 9.84. The summed E-state index contributed by atoms with van der Waals surface area (Å²) in [6, 6.07) is 12.9. The second-order valence-corrected chi connectivity index (χ2v) is 4.55.